The van der Waals surface area contributed by atoms with Crippen molar-refractivity contribution in [3.05, 3.63) is 82.7 Å². The summed E-state index contributed by atoms with van der Waals surface area (Å²) in [6.45, 7) is 2.08. The summed E-state index contributed by atoms with van der Waals surface area (Å²) in [7, 11) is 0. The van der Waals surface area contributed by atoms with Gasteiger partial charge in [0.2, 0.25) is 0 Å². The molecule has 0 aliphatic heterocycles. The van der Waals surface area contributed by atoms with E-state index >= 15 is 0 Å². The number of rotatable bonds is 1. The van der Waals surface area contributed by atoms with E-state index in [1.807, 2.05) is 24.3 Å². The second-order valence-corrected chi connectivity index (χ2v) is 5.28. The SMILES string of the molecule is CCc1ccc2c(F)c(C#Cc3ccc(C#N)cc3)ccc2c1. The van der Waals surface area contributed by atoms with Crippen LogP contribution in [0.1, 0.15) is 29.2 Å². The summed E-state index contributed by atoms with van der Waals surface area (Å²) in [5.74, 6) is 5.53. The van der Waals surface area contributed by atoms with E-state index in [0.29, 0.717) is 16.5 Å². The van der Waals surface area contributed by atoms with E-state index in [-0.39, 0.29) is 5.82 Å². The van der Waals surface area contributed by atoms with Gasteiger partial charge < -0.3 is 0 Å². The van der Waals surface area contributed by atoms with Crippen LogP contribution in [0.5, 0.6) is 0 Å². The topological polar surface area (TPSA) is 23.8 Å². The molecule has 2 heteroatoms. The second kappa shape index (κ2) is 6.34. The van der Waals surface area contributed by atoms with Gasteiger partial charge in [0.15, 0.2) is 0 Å². The maximum Gasteiger partial charge on any atom is 0.146 e. The molecule has 3 aromatic rings. The highest BCUT2D eigenvalue weighted by Gasteiger charge is 2.06. The van der Waals surface area contributed by atoms with Crippen LogP contribution < -0.4 is 0 Å². The molecule has 0 spiro atoms. The number of hydrogen-bond donors (Lipinski definition) is 0. The molecule has 0 fully saturated rings. The minimum Gasteiger partial charge on any atom is -0.205 e. The fourth-order valence-corrected chi connectivity index (χ4v) is 2.43. The number of benzene rings is 3. The van der Waals surface area contributed by atoms with Crippen LogP contribution in [0, 0.1) is 29.0 Å². The molecule has 0 aliphatic rings. The van der Waals surface area contributed by atoms with Crippen LogP contribution in [0.25, 0.3) is 10.8 Å². The van der Waals surface area contributed by atoms with Crippen molar-refractivity contribution in [1.29, 1.82) is 5.26 Å². The standard InChI is InChI=1S/C21H14FN/c1-2-15-8-12-20-19(13-15)11-10-18(21(20)22)9-7-16-3-5-17(14-23)6-4-16/h3-6,8,10-13H,2H2,1H3. The maximum atomic E-state index is 14.6. The van der Waals surface area contributed by atoms with E-state index in [1.165, 1.54) is 5.56 Å². The number of nitriles is 1. The van der Waals surface area contributed by atoms with Crippen LogP contribution in [0.4, 0.5) is 4.39 Å². The smallest absolute Gasteiger partial charge is 0.146 e. The summed E-state index contributed by atoms with van der Waals surface area (Å²) in [4.78, 5) is 0. The highest BCUT2D eigenvalue weighted by molar-refractivity contribution is 5.85. The number of hydrogen-bond acceptors (Lipinski definition) is 1. The van der Waals surface area contributed by atoms with Crippen molar-refractivity contribution in [2.75, 3.05) is 0 Å². The van der Waals surface area contributed by atoms with Gasteiger partial charge in [-0.15, -0.1) is 0 Å². The van der Waals surface area contributed by atoms with Crippen molar-refractivity contribution in [3.8, 4) is 17.9 Å². The van der Waals surface area contributed by atoms with Crippen molar-refractivity contribution < 1.29 is 4.39 Å². The molecule has 0 saturated carbocycles. The van der Waals surface area contributed by atoms with Crippen LogP contribution in [0.3, 0.4) is 0 Å². The Bertz CT molecular complexity index is 967. The lowest BCUT2D eigenvalue weighted by Crippen LogP contribution is -1.88. The van der Waals surface area contributed by atoms with Crippen molar-refractivity contribution in [1.82, 2.24) is 0 Å². The highest BCUT2D eigenvalue weighted by Crippen LogP contribution is 2.22. The Balaban J connectivity index is 1.99. The van der Waals surface area contributed by atoms with Crippen molar-refractivity contribution >= 4 is 10.8 Å². The lowest BCUT2D eigenvalue weighted by molar-refractivity contribution is 0.636. The molecule has 0 unspecified atom stereocenters. The molecule has 0 saturated heterocycles. The van der Waals surface area contributed by atoms with Gasteiger partial charge in [0.1, 0.15) is 5.82 Å². The van der Waals surface area contributed by atoms with Gasteiger partial charge >= 0.3 is 0 Å². The van der Waals surface area contributed by atoms with Crippen LogP contribution in [-0.2, 0) is 6.42 Å². The summed E-state index contributed by atoms with van der Waals surface area (Å²) in [6.07, 6.45) is 0.928. The van der Waals surface area contributed by atoms with E-state index in [4.69, 9.17) is 5.26 Å². The zero-order chi connectivity index (χ0) is 16.2. The molecule has 3 rings (SSSR count). The second-order valence-electron chi connectivity index (χ2n) is 5.28. The van der Waals surface area contributed by atoms with E-state index < -0.39 is 0 Å². The largest absolute Gasteiger partial charge is 0.205 e. The van der Waals surface area contributed by atoms with Gasteiger partial charge in [0, 0.05) is 10.9 Å². The Morgan fingerprint density at radius 3 is 2.35 bits per heavy atom. The molecule has 0 amide bonds. The van der Waals surface area contributed by atoms with Crippen LogP contribution in [-0.4, -0.2) is 0 Å². The van der Waals surface area contributed by atoms with Gasteiger partial charge in [-0.3, -0.25) is 0 Å². The van der Waals surface area contributed by atoms with Crippen LogP contribution in [0.2, 0.25) is 0 Å². The summed E-state index contributed by atoms with van der Waals surface area (Å²) in [5, 5.41) is 10.3. The molecule has 0 aromatic heterocycles. The fraction of sp³-hybridized carbons (Fsp3) is 0.0952. The first-order valence-corrected chi connectivity index (χ1v) is 7.44. The Hall–Kier alpha value is -3.10. The van der Waals surface area contributed by atoms with Gasteiger partial charge in [0.05, 0.1) is 17.2 Å². The van der Waals surface area contributed by atoms with Gasteiger partial charge in [-0.1, -0.05) is 43.0 Å². The molecule has 1 nitrogen and oxygen atoms in total. The predicted octanol–water partition coefficient (Wildman–Crippen LogP) is 4.81. The number of aryl methyl sites for hydroxylation is 1. The van der Waals surface area contributed by atoms with E-state index in [2.05, 4.69) is 24.8 Å². The first-order chi connectivity index (χ1) is 11.2. The Kier molecular flexibility index (Phi) is 4.09. The molecule has 0 atom stereocenters. The van der Waals surface area contributed by atoms with Crippen molar-refractivity contribution in [3.63, 3.8) is 0 Å². The predicted molar refractivity (Wildman–Crippen MR) is 90.4 cm³/mol. The van der Waals surface area contributed by atoms with Gasteiger partial charge in [-0.2, -0.15) is 5.26 Å². The molecule has 0 aliphatic carbocycles. The summed E-state index contributed by atoms with van der Waals surface area (Å²) in [6, 6.07) is 18.4. The first kappa shape index (κ1) is 14.8. The number of fused-ring (bicyclic) bond motifs is 1. The zero-order valence-corrected chi connectivity index (χ0v) is 12.7. The number of halogens is 1. The van der Waals surface area contributed by atoms with Gasteiger partial charge in [-0.25, -0.2) is 4.39 Å². The lowest BCUT2D eigenvalue weighted by atomic mass is 10.0. The van der Waals surface area contributed by atoms with Crippen molar-refractivity contribution in [2.45, 2.75) is 13.3 Å². The summed E-state index contributed by atoms with van der Waals surface area (Å²) >= 11 is 0. The maximum absolute atomic E-state index is 14.6. The normalized spacial score (nSPS) is 9.96. The molecule has 0 radical (unpaired) electrons. The molecule has 3 aromatic carbocycles. The average Bonchev–Trinajstić information content (AvgIpc) is 2.61. The quantitative estimate of drug-likeness (QED) is 0.591. The van der Waals surface area contributed by atoms with Crippen molar-refractivity contribution in [2.24, 2.45) is 0 Å². The van der Waals surface area contributed by atoms with Crippen LogP contribution >= 0.6 is 0 Å². The van der Waals surface area contributed by atoms with E-state index in [1.54, 1.807) is 30.3 Å². The summed E-state index contributed by atoms with van der Waals surface area (Å²) in [5.41, 5.74) is 2.91. The minimum atomic E-state index is -0.286. The molecule has 110 valence electrons. The Morgan fingerprint density at radius 2 is 1.65 bits per heavy atom. The Morgan fingerprint density at radius 1 is 0.913 bits per heavy atom. The lowest BCUT2D eigenvalue weighted by Gasteiger charge is -2.04. The molecule has 0 heterocycles. The van der Waals surface area contributed by atoms with E-state index in [0.717, 1.165) is 17.4 Å². The monoisotopic (exact) mass is 299 g/mol. The van der Waals surface area contributed by atoms with E-state index in [9.17, 15) is 4.39 Å². The highest BCUT2D eigenvalue weighted by atomic mass is 19.1. The minimum absolute atomic E-state index is 0.286. The average molecular weight is 299 g/mol. The third-order valence-electron chi connectivity index (χ3n) is 3.78. The molecule has 0 N–H and O–H groups in total. The van der Waals surface area contributed by atoms with Crippen LogP contribution in [0.15, 0.2) is 54.6 Å². The fourth-order valence-electron chi connectivity index (χ4n) is 2.43. The zero-order valence-electron chi connectivity index (χ0n) is 12.7. The molecule has 23 heavy (non-hydrogen) atoms. The third-order valence-corrected chi connectivity index (χ3v) is 3.78. The Labute approximate surface area is 135 Å². The molecule has 0 bridgehead atoms. The van der Waals surface area contributed by atoms with Gasteiger partial charge in [-0.05, 0) is 47.7 Å². The summed E-state index contributed by atoms with van der Waals surface area (Å²) < 4.78 is 14.6. The molecular weight excluding hydrogens is 285 g/mol. The third kappa shape index (κ3) is 3.07. The molecular formula is C21H14FN. The van der Waals surface area contributed by atoms with Gasteiger partial charge in [0.25, 0.3) is 0 Å². The first-order valence-electron chi connectivity index (χ1n) is 7.44. The number of nitrogens with zero attached hydrogens (tertiary/aromatic N) is 1.